The number of nitrogens with zero attached hydrogens (tertiary/aromatic N) is 1. The maximum atomic E-state index is 11.7. The number of rotatable bonds is 5. The Bertz CT molecular complexity index is 379. The summed E-state index contributed by atoms with van der Waals surface area (Å²) in [6.45, 7) is 5.39. The van der Waals surface area contributed by atoms with Gasteiger partial charge in [-0.2, -0.15) is 0 Å². The van der Waals surface area contributed by atoms with Gasteiger partial charge in [0.25, 0.3) is 0 Å². The molecule has 2 saturated carbocycles. The zero-order valence-electron chi connectivity index (χ0n) is 12.2. The molecule has 2 aliphatic heterocycles. The summed E-state index contributed by atoms with van der Waals surface area (Å²) in [5, 5.41) is 3.10. The molecule has 0 radical (unpaired) electrons. The first kappa shape index (κ1) is 13.1. The summed E-state index contributed by atoms with van der Waals surface area (Å²) in [5.41, 5.74) is 0. The van der Waals surface area contributed by atoms with Gasteiger partial charge in [-0.25, -0.2) is 0 Å². The van der Waals surface area contributed by atoms with Gasteiger partial charge in [-0.3, -0.25) is 4.79 Å². The summed E-state index contributed by atoms with van der Waals surface area (Å²) in [5.74, 6) is 2.92. The zero-order chi connectivity index (χ0) is 13.5. The third-order valence-corrected chi connectivity index (χ3v) is 5.52. The molecule has 1 amide bonds. The molecule has 4 aliphatic rings. The molecule has 4 heteroatoms. The van der Waals surface area contributed by atoms with E-state index in [-0.39, 0.29) is 12.0 Å². The van der Waals surface area contributed by atoms with Crippen LogP contribution in [0, 0.1) is 23.7 Å². The van der Waals surface area contributed by atoms with Crippen LogP contribution in [0.15, 0.2) is 0 Å². The number of carbonyl (C=O) groups is 1. The average Bonchev–Trinajstić information content (AvgIpc) is 3.35. The van der Waals surface area contributed by atoms with Crippen molar-refractivity contribution in [1.29, 1.82) is 0 Å². The van der Waals surface area contributed by atoms with Crippen LogP contribution >= 0.6 is 0 Å². The zero-order valence-corrected chi connectivity index (χ0v) is 12.2. The van der Waals surface area contributed by atoms with Gasteiger partial charge in [0.1, 0.15) is 0 Å². The van der Waals surface area contributed by atoms with Gasteiger partial charge >= 0.3 is 0 Å². The highest BCUT2D eigenvalue weighted by molar-refractivity contribution is 5.80. The molecule has 4 fully saturated rings. The fraction of sp³-hybridized carbons (Fsp3) is 0.938. The van der Waals surface area contributed by atoms with E-state index >= 15 is 0 Å². The molecule has 20 heavy (non-hydrogen) atoms. The largest absolute Gasteiger partial charge is 0.376 e. The normalized spacial score (nSPS) is 37.7. The van der Waals surface area contributed by atoms with Crippen molar-refractivity contribution in [3.63, 3.8) is 0 Å². The molecule has 2 heterocycles. The van der Waals surface area contributed by atoms with Gasteiger partial charge in [0, 0.05) is 31.5 Å². The van der Waals surface area contributed by atoms with Crippen molar-refractivity contribution in [3.8, 4) is 0 Å². The summed E-state index contributed by atoms with van der Waals surface area (Å²) < 4.78 is 5.98. The minimum atomic E-state index is 0.253. The van der Waals surface area contributed by atoms with Crippen LogP contribution < -0.4 is 5.32 Å². The Balaban J connectivity index is 1.25. The Kier molecular flexibility index (Phi) is 3.47. The molecule has 2 aliphatic carbocycles. The van der Waals surface area contributed by atoms with E-state index in [1.54, 1.807) is 0 Å². The smallest absolute Gasteiger partial charge is 0.223 e. The molecule has 3 atom stereocenters. The predicted molar refractivity (Wildman–Crippen MR) is 76.2 cm³/mol. The van der Waals surface area contributed by atoms with Crippen molar-refractivity contribution in [2.24, 2.45) is 23.7 Å². The molecule has 0 aromatic heterocycles. The predicted octanol–water partition coefficient (Wildman–Crippen LogP) is 1.26. The van der Waals surface area contributed by atoms with Crippen LogP contribution in [0.5, 0.6) is 0 Å². The van der Waals surface area contributed by atoms with E-state index in [9.17, 15) is 4.79 Å². The Morgan fingerprint density at radius 1 is 1.20 bits per heavy atom. The van der Waals surface area contributed by atoms with E-state index in [1.165, 1.54) is 38.9 Å². The van der Waals surface area contributed by atoms with Crippen molar-refractivity contribution >= 4 is 5.91 Å². The average molecular weight is 278 g/mol. The summed E-state index contributed by atoms with van der Waals surface area (Å²) >= 11 is 0. The first-order chi connectivity index (χ1) is 9.79. The molecule has 4 nitrogen and oxygen atoms in total. The van der Waals surface area contributed by atoms with Crippen molar-refractivity contribution in [2.45, 2.75) is 38.2 Å². The Labute approximate surface area is 121 Å². The highest BCUT2D eigenvalue weighted by Gasteiger charge is 2.42. The lowest BCUT2D eigenvalue weighted by atomic mass is 9.84. The highest BCUT2D eigenvalue weighted by Crippen LogP contribution is 2.37. The van der Waals surface area contributed by atoms with Crippen LogP contribution in [0.2, 0.25) is 0 Å². The van der Waals surface area contributed by atoms with Gasteiger partial charge in [0.2, 0.25) is 5.91 Å². The van der Waals surface area contributed by atoms with Crippen LogP contribution in [0.4, 0.5) is 0 Å². The van der Waals surface area contributed by atoms with Gasteiger partial charge in [0.05, 0.1) is 12.7 Å². The van der Waals surface area contributed by atoms with Crippen LogP contribution in [0.25, 0.3) is 0 Å². The summed E-state index contributed by atoms with van der Waals surface area (Å²) in [7, 11) is 0. The Hall–Kier alpha value is -0.610. The maximum Gasteiger partial charge on any atom is 0.223 e. The van der Waals surface area contributed by atoms with E-state index in [1.807, 2.05) is 0 Å². The highest BCUT2D eigenvalue weighted by atomic mass is 16.5. The maximum absolute atomic E-state index is 11.7. The number of ether oxygens (including phenoxy) is 1. The first-order valence-corrected chi connectivity index (χ1v) is 8.41. The fourth-order valence-corrected chi connectivity index (χ4v) is 3.89. The van der Waals surface area contributed by atoms with E-state index in [0.717, 1.165) is 31.9 Å². The third kappa shape index (κ3) is 2.86. The molecule has 2 saturated heterocycles. The Morgan fingerprint density at radius 2 is 2.05 bits per heavy atom. The number of fused-ring (bicyclic) bond motifs is 1. The number of piperidine rings is 1. The minimum absolute atomic E-state index is 0.253. The first-order valence-electron chi connectivity index (χ1n) is 8.41. The summed E-state index contributed by atoms with van der Waals surface area (Å²) in [6.07, 6.45) is 6.57. The lowest BCUT2D eigenvalue weighted by Crippen LogP contribution is -2.44. The molecular formula is C16H26N2O2. The molecule has 4 rings (SSSR count). The fourth-order valence-electron chi connectivity index (χ4n) is 3.89. The molecule has 0 aromatic carbocycles. The third-order valence-electron chi connectivity index (χ3n) is 5.52. The van der Waals surface area contributed by atoms with Crippen LogP contribution in [-0.2, 0) is 9.53 Å². The number of hydrogen-bond donors (Lipinski definition) is 1. The molecule has 1 N–H and O–H groups in total. The topological polar surface area (TPSA) is 41.6 Å². The summed E-state index contributed by atoms with van der Waals surface area (Å²) in [4.78, 5) is 14.4. The monoisotopic (exact) mass is 278 g/mol. The number of hydrogen-bond acceptors (Lipinski definition) is 3. The van der Waals surface area contributed by atoms with E-state index in [0.29, 0.717) is 17.8 Å². The van der Waals surface area contributed by atoms with E-state index < -0.39 is 0 Å². The van der Waals surface area contributed by atoms with Gasteiger partial charge in [0.15, 0.2) is 0 Å². The van der Waals surface area contributed by atoms with E-state index in [2.05, 4.69) is 10.2 Å². The molecule has 0 unspecified atom stereocenters. The molecule has 0 spiro atoms. The van der Waals surface area contributed by atoms with Gasteiger partial charge in [-0.15, -0.1) is 0 Å². The molecular weight excluding hydrogens is 252 g/mol. The van der Waals surface area contributed by atoms with Crippen molar-refractivity contribution in [2.75, 3.05) is 32.8 Å². The number of amides is 1. The van der Waals surface area contributed by atoms with Crippen LogP contribution in [0.3, 0.4) is 0 Å². The van der Waals surface area contributed by atoms with Crippen LogP contribution in [0.1, 0.15) is 32.1 Å². The number of carbonyl (C=O) groups excluding carboxylic acids is 1. The molecule has 0 aromatic rings. The number of nitrogens with one attached hydrogen (secondary N) is 1. The second-order valence-electron chi connectivity index (χ2n) is 7.31. The van der Waals surface area contributed by atoms with Crippen molar-refractivity contribution < 1.29 is 9.53 Å². The second-order valence-corrected chi connectivity index (χ2v) is 7.31. The molecule has 0 bridgehead atoms. The van der Waals surface area contributed by atoms with Crippen molar-refractivity contribution in [1.82, 2.24) is 10.2 Å². The van der Waals surface area contributed by atoms with Gasteiger partial charge in [-0.05, 0) is 50.5 Å². The minimum Gasteiger partial charge on any atom is -0.376 e. The van der Waals surface area contributed by atoms with Gasteiger partial charge in [-0.1, -0.05) is 0 Å². The van der Waals surface area contributed by atoms with Gasteiger partial charge < -0.3 is 15.0 Å². The quantitative estimate of drug-likeness (QED) is 0.823. The standard InChI is InChI=1S/C16H26N2O2/c19-16(12-3-4-12)17-7-15-14-5-6-18(8-11-1-2-11)9-13(14)10-20-15/h11-15H,1-10H2,(H,17,19)/t13-,14-,15-/m0/s1. The summed E-state index contributed by atoms with van der Waals surface area (Å²) in [6, 6.07) is 0. The lowest BCUT2D eigenvalue weighted by molar-refractivity contribution is -0.122. The number of likely N-dealkylation sites (tertiary alicyclic amines) is 1. The van der Waals surface area contributed by atoms with Crippen molar-refractivity contribution in [3.05, 3.63) is 0 Å². The second kappa shape index (κ2) is 5.30. The Morgan fingerprint density at radius 3 is 2.80 bits per heavy atom. The van der Waals surface area contributed by atoms with Crippen LogP contribution in [-0.4, -0.2) is 49.7 Å². The lowest BCUT2D eigenvalue weighted by Gasteiger charge is -2.35. The SMILES string of the molecule is O=C(NC[C@@H]1OC[C@@H]2CN(CC3CC3)CC[C@@H]21)C1CC1. The molecule has 112 valence electrons. The van der Waals surface area contributed by atoms with E-state index in [4.69, 9.17) is 4.74 Å².